The highest BCUT2D eigenvalue weighted by Crippen LogP contribution is 2.45. The van der Waals surface area contributed by atoms with Crippen LogP contribution in [-0.2, 0) is 9.53 Å². The van der Waals surface area contributed by atoms with Crippen LogP contribution in [-0.4, -0.2) is 36.9 Å². The first-order chi connectivity index (χ1) is 9.21. The fourth-order valence-electron chi connectivity index (χ4n) is 3.36. The summed E-state index contributed by atoms with van der Waals surface area (Å²) in [5.74, 6) is -0.0639. The Kier molecular flexibility index (Phi) is 6.02. The molecule has 0 saturated heterocycles. The molecule has 118 valence electrons. The van der Waals surface area contributed by atoms with Gasteiger partial charge in [-0.15, -0.1) is 0 Å². The molecule has 0 aliphatic heterocycles. The lowest BCUT2D eigenvalue weighted by Crippen LogP contribution is -2.55. The van der Waals surface area contributed by atoms with E-state index in [0.29, 0.717) is 30.5 Å². The van der Waals surface area contributed by atoms with Crippen molar-refractivity contribution in [2.45, 2.75) is 59.5 Å². The first-order valence-electron chi connectivity index (χ1n) is 7.69. The quantitative estimate of drug-likeness (QED) is 0.788. The second-order valence-corrected chi connectivity index (χ2v) is 7.16. The lowest BCUT2D eigenvalue weighted by atomic mass is 9.61. The molecular weight excluding hydrogens is 254 g/mol. The van der Waals surface area contributed by atoms with E-state index < -0.39 is 5.97 Å². The molecule has 0 bridgehead atoms. The molecule has 2 N–H and O–H groups in total. The van der Waals surface area contributed by atoms with Crippen LogP contribution in [0.25, 0.3) is 0 Å². The zero-order chi connectivity index (χ0) is 15.5. The molecule has 0 spiro atoms. The Morgan fingerprint density at radius 1 is 1.40 bits per heavy atom. The maximum atomic E-state index is 11.4. The van der Waals surface area contributed by atoms with E-state index in [9.17, 15) is 9.90 Å². The molecule has 0 amide bonds. The minimum atomic E-state index is -0.655. The molecule has 1 rings (SSSR count). The Labute approximate surface area is 123 Å². The third kappa shape index (κ3) is 3.73. The summed E-state index contributed by atoms with van der Waals surface area (Å²) in [5.41, 5.74) is -0.184. The predicted molar refractivity (Wildman–Crippen MR) is 80.7 cm³/mol. The number of methoxy groups -OCH3 is 1. The Morgan fingerprint density at radius 3 is 2.45 bits per heavy atom. The maximum Gasteiger partial charge on any atom is 0.307 e. The Morgan fingerprint density at radius 2 is 2.00 bits per heavy atom. The number of carboxylic acids is 1. The number of hydrogen-bond donors (Lipinski definition) is 2. The summed E-state index contributed by atoms with van der Waals surface area (Å²) in [6.07, 6.45) is 1.68. The van der Waals surface area contributed by atoms with Crippen molar-refractivity contribution in [3.63, 3.8) is 0 Å². The van der Waals surface area contributed by atoms with Crippen LogP contribution >= 0.6 is 0 Å². The number of ether oxygens (including phenoxy) is 1. The van der Waals surface area contributed by atoms with Gasteiger partial charge in [0.05, 0.1) is 12.5 Å². The molecule has 0 heterocycles. The van der Waals surface area contributed by atoms with Crippen molar-refractivity contribution in [2.24, 2.45) is 23.2 Å². The van der Waals surface area contributed by atoms with Crippen LogP contribution in [0.2, 0.25) is 0 Å². The molecule has 1 aliphatic rings. The molecule has 1 aliphatic carbocycles. The number of carbonyl (C=O) groups is 1. The van der Waals surface area contributed by atoms with Gasteiger partial charge in [-0.25, -0.2) is 0 Å². The van der Waals surface area contributed by atoms with Crippen LogP contribution in [0.3, 0.4) is 0 Å². The topological polar surface area (TPSA) is 58.6 Å². The smallest absolute Gasteiger partial charge is 0.307 e. The van der Waals surface area contributed by atoms with Crippen molar-refractivity contribution in [1.82, 2.24) is 5.32 Å². The summed E-state index contributed by atoms with van der Waals surface area (Å²) in [6, 6.07) is 0.688. The molecule has 0 radical (unpaired) electrons. The van der Waals surface area contributed by atoms with Crippen molar-refractivity contribution in [2.75, 3.05) is 13.7 Å². The van der Waals surface area contributed by atoms with E-state index in [1.165, 1.54) is 0 Å². The number of aliphatic carboxylic acids is 1. The molecule has 4 nitrogen and oxygen atoms in total. The van der Waals surface area contributed by atoms with Crippen molar-refractivity contribution < 1.29 is 14.6 Å². The Hall–Kier alpha value is -0.610. The molecular formula is C16H31NO3. The van der Waals surface area contributed by atoms with Crippen LogP contribution in [0, 0.1) is 23.2 Å². The number of carboxylic acid groups (broad SMARTS) is 1. The highest BCUT2D eigenvalue weighted by Gasteiger charge is 2.46. The van der Waals surface area contributed by atoms with Gasteiger partial charge in [0.25, 0.3) is 0 Å². The number of nitrogens with one attached hydrogen (secondary N) is 1. The lowest BCUT2D eigenvalue weighted by Gasteiger charge is -2.47. The number of hydrogen-bond acceptors (Lipinski definition) is 3. The molecule has 0 aromatic carbocycles. The van der Waals surface area contributed by atoms with Crippen LogP contribution < -0.4 is 5.32 Å². The maximum absolute atomic E-state index is 11.4. The molecule has 4 heteroatoms. The Bertz CT molecular complexity index is 328. The molecule has 4 unspecified atom stereocenters. The fourth-order valence-corrected chi connectivity index (χ4v) is 3.36. The van der Waals surface area contributed by atoms with Crippen molar-refractivity contribution >= 4 is 5.97 Å². The van der Waals surface area contributed by atoms with Gasteiger partial charge in [-0.3, -0.25) is 4.79 Å². The summed E-state index contributed by atoms with van der Waals surface area (Å²) in [4.78, 5) is 11.4. The molecule has 1 fully saturated rings. The zero-order valence-corrected chi connectivity index (χ0v) is 13.8. The Balaban J connectivity index is 2.77. The second kappa shape index (κ2) is 6.90. The van der Waals surface area contributed by atoms with Crippen molar-refractivity contribution in [3.05, 3.63) is 0 Å². The van der Waals surface area contributed by atoms with Crippen molar-refractivity contribution in [1.29, 1.82) is 0 Å². The highest BCUT2D eigenvalue weighted by atomic mass is 16.5. The minimum absolute atomic E-state index is 0.184. The van der Waals surface area contributed by atoms with E-state index in [1.54, 1.807) is 7.11 Å². The summed E-state index contributed by atoms with van der Waals surface area (Å²) in [5, 5.41) is 13.1. The zero-order valence-electron chi connectivity index (χ0n) is 13.8. The van der Waals surface area contributed by atoms with Gasteiger partial charge in [0.15, 0.2) is 0 Å². The van der Waals surface area contributed by atoms with Crippen LogP contribution in [0.15, 0.2) is 0 Å². The summed E-state index contributed by atoms with van der Waals surface area (Å²) >= 11 is 0. The summed E-state index contributed by atoms with van der Waals surface area (Å²) in [6.45, 7) is 11.4. The fraction of sp³-hybridized carbons (Fsp3) is 0.938. The van der Waals surface area contributed by atoms with Crippen LogP contribution in [0.4, 0.5) is 0 Å². The van der Waals surface area contributed by atoms with Gasteiger partial charge in [-0.2, -0.15) is 0 Å². The molecule has 1 saturated carbocycles. The lowest BCUT2D eigenvalue weighted by molar-refractivity contribution is -0.150. The molecule has 0 aromatic rings. The van der Waals surface area contributed by atoms with Gasteiger partial charge in [0.2, 0.25) is 0 Å². The third-order valence-corrected chi connectivity index (χ3v) is 5.32. The largest absolute Gasteiger partial charge is 0.481 e. The predicted octanol–water partition coefficient (Wildman–Crippen LogP) is 2.77. The van der Waals surface area contributed by atoms with Gasteiger partial charge in [0.1, 0.15) is 0 Å². The van der Waals surface area contributed by atoms with Crippen LogP contribution in [0.1, 0.15) is 47.5 Å². The van der Waals surface area contributed by atoms with Gasteiger partial charge >= 0.3 is 5.97 Å². The average Bonchev–Trinajstić information content (AvgIpc) is 2.33. The second-order valence-electron chi connectivity index (χ2n) is 7.16. The monoisotopic (exact) mass is 285 g/mol. The van der Waals surface area contributed by atoms with Crippen LogP contribution in [0.5, 0.6) is 0 Å². The van der Waals surface area contributed by atoms with E-state index in [0.717, 1.165) is 12.8 Å². The normalized spacial score (nSPS) is 31.2. The van der Waals surface area contributed by atoms with Crippen molar-refractivity contribution in [3.8, 4) is 0 Å². The van der Waals surface area contributed by atoms with Gasteiger partial charge < -0.3 is 15.2 Å². The summed E-state index contributed by atoms with van der Waals surface area (Å²) < 4.78 is 5.30. The van der Waals surface area contributed by atoms with Gasteiger partial charge in [-0.05, 0) is 30.1 Å². The average molecular weight is 285 g/mol. The van der Waals surface area contributed by atoms with E-state index in [-0.39, 0.29) is 11.3 Å². The molecule has 20 heavy (non-hydrogen) atoms. The molecule has 4 atom stereocenters. The highest BCUT2D eigenvalue weighted by molar-refractivity contribution is 5.71. The standard InChI is InChI=1S/C16H31NO3/c1-10(2)14(9-20-6)17-13-8-7-12(15(18)19)16(4,5)11(13)3/h10-14,17H,7-9H2,1-6H3,(H,18,19). The first-order valence-corrected chi connectivity index (χ1v) is 7.69. The SMILES string of the molecule is COCC(NC1CCC(C(=O)O)C(C)(C)C1C)C(C)C. The third-order valence-electron chi connectivity index (χ3n) is 5.32. The first kappa shape index (κ1) is 17.4. The van der Waals surface area contributed by atoms with E-state index in [1.807, 2.05) is 0 Å². The summed E-state index contributed by atoms with van der Waals surface area (Å²) in [7, 11) is 1.73. The molecule has 0 aromatic heterocycles. The van der Waals surface area contributed by atoms with E-state index in [2.05, 4.69) is 39.9 Å². The van der Waals surface area contributed by atoms with Gasteiger partial charge in [0, 0.05) is 19.2 Å². The minimum Gasteiger partial charge on any atom is -0.481 e. The van der Waals surface area contributed by atoms with E-state index >= 15 is 0 Å². The van der Waals surface area contributed by atoms with Gasteiger partial charge in [-0.1, -0.05) is 34.6 Å². The van der Waals surface area contributed by atoms with E-state index in [4.69, 9.17) is 4.74 Å². The number of rotatable bonds is 6.